The van der Waals surface area contributed by atoms with Gasteiger partial charge in [0.15, 0.2) is 0 Å². The van der Waals surface area contributed by atoms with Crippen LogP contribution in [0.4, 0.5) is 5.69 Å². The summed E-state index contributed by atoms with van der Waals surface area (Å²) in [5.74, 6) is -0.350. The first-order valence-electron chi connectivity index (χ1n) is 4.99. The first-order chi connectivity index (χ1) is 7.99. The Morgan fingerprint density at radius 2 is 2.12 bits per heavy atom. The van der Waals surface area contributed by atoms with Crippen molar-refractivity contribution in [2.45, 2.75) is 13.0 Å². The summed E-state index contributed by atoms with van der Waals surface area (Å²) in [5.41, 5.74) is 6.68. The first-order valence-corrected chi connectivity index (χ1v) is 5.74. The second-order valence-electron chi connectivity index (χ2n) is 3.53. The molecular weight excluding hydrogens is 263 g/mol. The van der Waals surface area contributed by atoms with Gasteiger partial charge in [0, 0.05) is 18.7 Å². The topological polar surface area (TPSA) is 64.3 Å². The molecule has 1 atom stereocenters. The van der Waals surface area contributed by atoms with Crippen molar-refractivity contribution in [1.29, 1.82) is 0 Å². The van der Waals surface area contributed by atoms with Crippen LogP contribution in [-0.4, -0.2) is 25.7 Å². The molecule has 4 nitrogen and oxygen atoms in total. The highest BCUT2D eigenvalue weighted by atomic mass is 35.5. The minimum Gasteiger partial charge on any atom is -0.370 e. The summed E-state index contributed by atoms with van der Waals surface area (Å²) in [6, 6.07) is 3.28. The third-order valence-electron chi connectivity index (χ3n) is 2.30. The maximum atomic E-state index is 11.7. The number of benzene rings is 1. The molecule has 3 N–H and O–H groups in total. The Hall–Kier alpha value is -0.810. The Bertz CT molecular complexity index is 420. The van der Waals surface area contributed by atoms with E-state index in [1.165, 1.54) is 7.11 Å². The maximum Gasteiger partial charge on any atom is 0.254 e. The molecule has 1 aromatic rings. The number of anilines is 1. The lowest BCUT2D eigenvalue weighted by Gasteiger charge is -2.14. The third kappa shape index (κ3) is 3.57. The number of halogens is 2. The number of hydrogen-bond acceptors (Lipinski definition) is 3. The van der Waals surface area contributed by atoms with Crippen LogP contribution < -0.4 is 11.1 Å². The number of aryl methyl sites for hydroxylation is 1. The van der Waals surface area contributed by atoms with Gasteiger partial charge in [0.2, 0.25) is 0 Å². The van der Waals surface area contributed by atoms with E-state index in [9.17, 15) is 4.79 Å². The summed E-state index contributed by atoms with van der Waals surface area (Å²) in [6.07, 6.45) is -0.703. The molecule has 0 bridgehead atoms. The van der Waals surface area contributed by atoms with Crippen LogP contribution in [0.2, 0.25) is 10.0 Å². The lowest BCUT2D eigenvalue weighted by molar-refractivity contribution is -0.125. The molecule has 94 valence electrons. The van der Waals surface area contributed by atoms with Gasteiger partial charge < -0.3 is 15.8 Å². The molecule has 0 saturated carbocycles. The average molecular weight is 277 g/mol. The van der Waals surface area contributed by atoms with E-state index >= 15 is 0 Å². The minimum absolute atomic E-state index is 0.0968. The number of methoxy groups -OCH3 is 1. The highest BCUT2D eigenvalue weighted by molar-refractivity contribution is 6.36. The van der Waals surface area contributed by atoms with E-state index in [-0.39, 0.29) is 12.5 Å². The summed E-state index contributed by atoms with van der Waals surface area (Å²) in [6.45, 7) is 1.93. The number of nitrogens with two attached hydrogens (primary N) is 1. The number of nitrogens with one attached hydrogen (secondary N) is 1. The zero-order chi connectivity index (χ0) is 13.0. The largest absolute Gasteiger partial charge is 0.370 e. The van der Waals surface area contributed by atoms with E-state index in [0.717, 1.165) is 5.56 Å². The molecule has 17 heavy (non-hydrogen) atoms. The molecule has 0 heterocycles. The number of amides is 1. The number of hydrogen-bond donors (Lipinski definition) is 2. The van der Waals surface area contributed by atoms with Crippen molar-refractivity contribution in [2.24, 2.45) is 5.73 Å². The summed E-state index contributed by atoms with van der Waals surface area (Å²) in [7, 11) is 1.42. The standard InChI is InChI=1S/C11H14Cl2N2O2/c1-6-3-8(13)9(4-7(6)12)15-11(16)10(5-14)17-2/h3-4,10H,5,14H2,1-2H3,(H,15,16). The van der Waals surface area contributed by atoms with Crippen LogP contribution in [0.25, 0.3) is 0 Å². The van der Waals surface area contributed by atoms with Crippen LogP contribution in [0.3, 0.4) is 0 Å². The van der Waals surface area contributed by atoms with E-state index in [2.05, 4.69) is 5.32 Å². The summed E-state index contributed by atoms with van der Waals surface area (Å²) in [5, 5.41) is 3.58. The van der Waals surface area contributed by atoms with Gasteiger partial charge in [-0.25, -0.2) is 0 Å². The summed E-state index contributed by atoms with van der Waals surface area (Å²) in [4.78, 5) is 11.7. The van der Waals surface area contributed by atoms with Crippen LogP contribution >= 0.6 is 23.2 Å². The van der Waals surface area contributed by atoms with Crippen LogP contribution in [0, 0.1) is 6.92 Å². The molecule has 0 saturated heterocycles. The SMILES string of the molecule is COC(CN)C(=O)Nc1cc(Cl)c(C)cc1Cl. The molecular formula is C11H14Cl2N2O2. The smallest absolute Gasteiger partial charge is 0.254 e. The van der Waals surface area contributed by atoms with Gasteiger partial charge in [-0.3, -0.25) is 4.79 Å². The number of rotatable bonds is 4. The van der Waals surface area contributed by atoms with Gasteiger partial charge in [0.05, 0.1) is 10.7 Å². The monoisotopic (exact) mass is 276 g/mol. The number of carbonyl (C=O) groups excluding carboxylic acids is 1. The fourth-order valence-corrected chi connectivity index (χ4v) is 1.69. The molecule has 1 unspecified atom stereocenters. The zero-order valence-corrected chi connectivity index (χ0v) is 11.1. The Morgan fingerprint density at radius 3 is 2.65 bits per heavy atom. The molecule has 1 amide bonds. The van der Waals surface area contributed by atoms with Gasteiger partial charge in [0.1, 0.15) is 6.10 Å². The van der Waals surface area contributed by atoms with Crippen molar-refractivity contribution >= 4 is 34.8 Å². The third-order valence-corrected chi connectivity index (χ3v) is 3.02. The lowest BCUT2D eigenvalue weighted by Crippen LogP contribution is -2.35. The van der Waals surface area contributed by atoms with Gasteiger partial charge in [-0.05, 0) is 24.6 Å². The second kappa shape index (κ2) is 6.21. The summed E-state index contributed by atoms with van der Waals surface area (Å²) < 4.78 is 4.91. The maximum absolute atomic E-state index is 11.7. The van der Waals surface area contributed by atoms with Gasteiger partial charge in [-0.2, -0.15) is 0 Å². The highest BCUT2D eigenvalue weighted by Crippen LogP contribution is 2.28. The quantitative estimate of drug-likeness (QED) is 0.886. The lowest BCUT2D eigenvalue weighted by atomic mass is 10.2. The first kappa shape index (κ1) is 14.3. The van der Waals surface area contributed by atoms with Crippen molar-refractivity contribution in [1.82, 2.24) is 0 Å². The Labute approximate surface area is 110 Å². The zero-order valence-electron chi connectivity index (χ0n) is 9.59. The predicted molar refractivity (Wildman–Crippen MR) is 69.7 cm³/mol. The Kier molecular flexibility index (Phi) is 5.21. The van der Waals surface area contributed by atoms with Crippen molar-refractivity contribution in [2.75, 3.05) is 19.0 Å². The second-order valence-corrected chi connectivity index (χ2v) is 4.34. The van der Waals surface area contributed by atoms with Crippen LogP contribution in [0.15, 0.2) is 12.1 Å². The van der Waals surface area contributed by atoms with Gasteiger partial charge in [-0.1, -0.05) is 23.2 Å². The fourth-order valence-electron chi connectivity index (χ4n) is 1.27. The Balaban J connectivity index is 2.88. The van der Waals surface area contributed by atoms with E-state index in [1.54, 1.807) is 12.1 Å². The molecule has 0 aromatic heterocycles. The van der Waals surface area contributed by atoms with E-state index in [1.807, 2.05) is 6.92 Å². The molecule has 1 aromatic carbocycles. The average Bonchev–Trinajstić information content (AvgIpc) is 2.27. The molecule has 6 heteroatoms. The predicted octanol–water partition coefficient (Wildman–Crippen LogP) is 2.21. The molecule has 0 radical (unpaired) electrons. The van der Waals surface area contributed by atoms with Crippen LogP contribution in [-0.2, 0) is 9.53 Å². The molecule has 0 aliphatic rings. The highest BCUT2D eigenvalue weighted by Gasteiger charge is 2.17. The van der Waals surface area contributed by atoms with Crippen molar-refractivity contribution in [3.63, 3.8) is 0 Å². The minimum atomic E-state index is -0.703. The van der Waals surface area contributed by atoms with Gasteiger partial charge >= 0.3 is 0 Å². The van der Waals surface area contributed by atoms with Crippen molar-refractivity contribution < 1.29 is 9.53 Å². The van der Waals surface area contributed by atoms with Crippen molar-refractivity contribution in [3.8, 4) is 0 Å². The molecule has 0 spiro atoms. The van der Waals surface area contributed by atoms with E-state index in [4.69, 9.17) is 33.7 Å². The van der Waals surface area contributed by atoms with Gasteiger partial charge in [-0.15, -0.1) is 0 Å². The molecule has 0 fully saturated rings. The van der Waals surface area contributed by atoms with Gasteiger partial charge in [0.25, 0.3) is 5.91 Å². The number of carbonyl (C=O) groups is 1. The normalized spacial score (nSPS) is 12.3. The van der Waals surface area contributed by atoms with E-state index < -0.39 is 6.10 Å². The molecule has 1 rings (SSSR count). The van der Waals surface area contributed by atoms with Crippen LogP contribution in [0.1, 0.15) is 5.56 Å². The van der Waals surface area contributed by atoms with E-state index in [0.29, 0.717) is 15.7 Å². The molecule has 0 aliphatic carbocycles. The number of ether oxygens (including phenoxy) is 1. The van der Waals surface area contributed by atoms with Crippen LogP contribution in [0.5, 0.6) is 0 Å². The summed E-state index contributed by atoms with van der Waals surface area (Å²) >= 11 is 11.9. The Morgan fingerprint density at radius 1 is 1.47 bits per heavy atom. The molecule has 0 aliphatic heterocycles. The fraction of sp³-hybridized carbons (Fsp3) is 0.364. The van der Waals surface area contributed by atoms with Crippen molar-refractivity contribution in [3.05, 3.63) is 27.7 Å².